The van der Waals surface area contributed by atoms with Crippen LogP contribution in [0.15, 0.2) is 11.2 Å². The van der Waals surface area contributed by atoms with E-state index in [2.05, 4.69) is 10.2 Å². The first-order valence-corrected chi connectivity index (χ1v) is 8.69. The molecule has 0 spiro atoms. The van der Waals surface area contributed by atoms with E-state index < -0.39 is 33.9 Å². The number of ether oxygens (including phenoxy) is 1. The highest BCUT2D eigenvalue weighted by atomic mass is 32.2. The maximum atomic E-state index is 12.8. The summed E-state index contributed by atoms with van der Waals surface area (Å²) in [6.45, 7) is 3.45. The number of carbonyl (C=O) groups excluding carboxylic acids is 1. The van der Waals surface area contributed by atoms with Crippen molar-refractivity contribution in [2.75, 3.05) is 13.2 Å². The van der Waals surface area contributed by atoms with Gasteiger partial charge in [0, 0.05) is 12.6 Å². The first-order chi connectivity index (χ1) is 10.8. The highest BCUT2D eigenvalue weighted by Crippen LogP contribution is 2.30. The Kier molecular flexibility index (Phi) is 5.05. The van der Waals surface area contributed by atoms with Crippen molar-refractivity contribution in [3.63, 3.8) is 0 Å². The first kappa shape index (κ1) is 17.4. The van der Waals surface area contributed by atoms with E-state index in [0.29, 0.717) is 12.8 Å². The Morgan fingerprint density at radius 2 is 2.22 bits per heavy atom. The summed E-state index contributed by atoms with van der Waals surface area (Å²) in [5.74, 6) is -2.61. The number of carboxylic acids is 1. The van der Waals surface area contributed by atoms with Crippen molar-refractivity contribution in [3.05, 3.63) is 11.8 Å². The molecule has 1 fully saturated rings. The van der Waals surface area contributed by atoms with Crippen molar-refractivity contribution in [2.24, 2.45) is 5.92 Å². The minimum atomic E-state index is -4.08. The maximum Gasteiger partial charge on any atom is 0.342 e. The number of aliphatic carboxylic acids is 1. The predicted molar refractivity (Wildman–Crippen MR) is 78.3 cm³/mol. The highest BCUT2D eigenvalue weighted by Gasteiger charge is 2.41. The molecule has 2 N–H and O–H groups in total. The van der Waals surface area contributed by atoms with Gasteiger partial charge in [0.25, 0.3) is 10.0 Å². The molecule has 2 rings (SSSR count). The standard InChI is InChI=1S/C13H19N3O6S/c1-3-22-13(19)10-7-14-15-11(10)23(20,21)16-6-4-5-9(8(16)2)12(17)18/h7-9H,3-6H2,1-2H3,(H,14,15)(H,17,18)/t8-,9-/m0/s1. The van der Waals surface area contributed by atoms with Crippen molar-refractivity contribution >= 4 is 22.0 Å². The molecule has 10 heteroatoms. The number of carbonyl (C=O) groups is 2. The van der Waals surface area contributed by atoms with Gasteiger partial charge in [-0.2, -0.15) is 9.40 Å². The summed E-state index contributed by atoms with van der Waals surface area (Å²) >= 11 is 0. The molecule has 1 aliphatic heterocycles. The van der Waals surface area contributed by atoms with Crippen LogP contribution < -0.4 is 0 Å². The zero-order chi connectivity index (χ0) is 17.2. The van der Waals surface area contributed by atoms with Crippen LogP contribution in [0.5, 0.6) is 0 Å². The molecular formula is C13H19N3O6S. The van der Waals surface area contributed by atoms with Crippen LogP contribution in [0.2, 0.25) is 0 Å². The fraction of sp³-hybridized carbons (Fsp3) is 0.615. The Balaban J connectivity index is 2.37. The molecule has 2 atom stereocenters. The smallest absolute Gasteiger partial charge is 0.342 e. The molecule has 9 nitrogen and oxygen atoms in total. The van der Waals surface area contributed by atoms with Gasteiger partial charge >= 0.3 is 11.9 Å². The molecule has 0 radical (unpaired) electrons. The average molecular weight is 345 g/mol. The lowest BCUT2D eigenvalue weighted by molar-refractivity contribution is -0.144. The normalized spacial score (nSPS) is 22.7. The Bertz CT molecular complexity index is 698. The van der Waals surface area contributed by atoms with Crippen LogP contribution in [-0.4, -0.2) is 59.2 Å². The Labute approximate surface area is 133 Å². The third-order valence-corrected chi connectivity index (χ3v) is 5.87. The summed E-state index contributed by atoms with van der Waals surface area (Å²) in [4.78, 5) is 23.1. The minimum Gasteiger partial charge on any atom is -0.481 e. The van der Waals surface area contributed by atoms with Crippen LogP contribution in [0.1, 0.15) is 37.0 Å². The zero-order valence-corrected chi connectivity index (χ0v) is 13.7. The second-order valence-corrected chi connectivity index (χ2v) is 7.10. The van der Waals surface area contributed by atoms with Crippen LogP contribution in [0, 0.1) is 5.92 Å². The lowest BCUT2D eigenvalue weighted by atomic mass is 9.92. The number of carboxylic acid groups (broad SMARTS) is 1. The van der Waals surface area contributed by atoms with Crippen molar-refractivity contribution in [2.45, 2.75) is 37.8 Å². The molecule has 1 aromatic heterocycles. The molecule has 0 bridgehead atoms. The van der Waals surface area contributed by atoms with Crippen LogP contribution in [-0.2, 0) is 19.6 Å². The average Bonchev–Trinajstić information content (AvgIpc) is 2.97. The van der Waals surface area contributed by atoms with Crippen molar-refractivity contribution < 1.29 is 27.9 Å². The van der Waals surface area contributed by atoms with Gasteiger partial charge in [0.05, 0.1) is 18.7 Å². The minimum absolute atomic E-state index is 0.102. The highest BCUT2D eigenvalue weighted by molar-refractivity contribution is 7.89. The molecule has 0 saturated carbocycles. The Hall–Kier alpha value is -1.94. The summed E-state index contributed by atoms with van der Waals surface area (Å²) in [6, 6.07) is -0.718. The molecule has 0 amide bonds. The van der Waals surface area contributed by atoms with E-state index in [-0.39, 0.29) is 23.7 Å². The number of H-pyrrole nitrogens is 1. The second-order valence-electron chi connectivity index (χ2n) is 5.28. The quantitative estimate of drug-likeness (QED) is 0.741. The van der Waals surface area contributed by atoms with E-state index >= 15 is 0 Å². The third kappa shape index (κ3) is 3.22. The number of aromatic amines is 1. The summed E-state index contributed by atoms with van der Waals surface area (Å²) in [5.41, 5.74) is -0.184. The molecule has 0 aromatic carbocycles. The van der Waals surface area contributed by atoms with Crippen LogP contribution in [0.25, 0.3) is 0 Å². The van der Waals surface area contributed by atoms with E-state index in [1.165, 1.54) is 0 Å². The van der Waals surface area contributed by atoms with Crippen molar-refractivity contribution in [3.8, 4) is 0 Å². The largest absolute Gasteiger partial charge is 0.481 e. The Morgan fingerprint density at radius 3 is 2.83 bits per heavy atom. The van der Waals surface area contributed by atoms with Gasteiger partial charge in [0.15, 0.2) is 5.03 Å². The van der Waals surface area contributed by atoms with Crippen molar-refractivity contribution in [1.82, 2.24) is 14.5 Å². The number of piperidine rings is 1. The molecule has 2 heterocycles. The van der Waals surface area contributed by atoms with Gasteiger partial charge in [-0.15, -0.1) is 0 Å². The number of sulfonamides is 1. The van der Waals surface area contributed by atoms with E-state index in [4.69, 9.17) is 4.74 Å². The van der Waals surface area contributed by atoms with Crippen molar-refractivity contribution in [1.29, 1.82) is 0 Å². The van der Waals surface area contributed by atoms with Gasteiger partial charge in [-0.05, 0) is 26.7 Å². The van der Waals surface area contributed by atoms with Crippen LogP contribution in [0.4, 0.5) is 0 Å². The first-order valence-electron chi connectivity index (χ1n) is 7.25. The van der Waals surface area contributed by atoms with Gasteiger partial charge in [0.1, 0.15) is 5.56 Å². The van der Waals surface area contributed by atoms with Gasteiger partial charge in [0.2, 0.25) is 0 Å². The van der Waals surface area contributed by atoms with E-state index in [9.17, 15) is 23.1 Å². The molecule has 1 aromatic rings. The maximum absolute atomic E-state index is 12.8. The number of esters is 1. The predicted octanol–water partition coefficient (Wildman–Crippen LogP) is 0.460. The summed E-state index contributed by atoms with van der Waals surface area (Å²) < 4.78 is 31.5. The number of nitrogens with zero attached hydrogens (tertiary/aromatic N) is 2. The van der Waals surface area contributed by atoms with E-state index in [1.807, 2.05) is 0 Å². The molecule has 23 heavy (non-hydrogen) atoms. The number of rotatable bonds is 5. The van der Waals surface area contributed by atoms with Gasteiger partial charge in [-0.3, -0.25) is 9.89 Å². The van der Waals surface area contributed by atoms with E-state index in [1.54, 1.807) is 13.8 Å². The van der Waals surface area contributed by atoms with Crippen LogP contribution in [0.3, 0.4) is 0 Å². The monoisotopic (exact) mass is 345 g/mol. The summed E-state index contributed by atoms with van der Waals surface area (Å²) in [7, 11) is -4.08. The van der Waals surface area contributed by atoms with E-state index in [0.717, 1.165) is 10.5 Å². The third-order valence-electron chi connectivity index (χ3n) is 3.91. The topological polar surface area (TPSA) is 130 Å². The molecule has 0 aliphatic carbocycles. The number of hydrogen-bond donors (Lipinski definition) is 2. The molecule has 128 valence electrons. The summed E-state index contributed by atoms with van der Waals surface area (Å²) in [6.07, 6.45) is 1.94. The SMILES string of the molecule is CCOC(=O)c1cn[nH]c1S(=O)(=O)N1CCC[C@H](C(=O)O)[C@@H]1C. The van der Waals surface area contributed by atoms with Gasteiger partial charge in [-0.25, -0.2) is 13.2 Å². The van der Waals surface area contributed by atoms with Gasteiger partial charge < -0.3 is 9.84 Å². The number of hydrogen-bond acceptors (Lipinski definition) is 6. The second kappa shape index (κ2) is 6.67. The lowest BCUT2D eigenvalue weighted by Crippen LogP contribution is -2.49. The lowest BCUT2D eigenvalue weighted by Gasteiger charge is -2.36. The van der Waals surface area contributed by atoms with Crippen LogP contribution >= 0.6 is 0 Å². The van der Waals surface area contributed by atoms with Gasteiger partial charge in [-0.1, -0.05) is 0 Å². The zero-order valence-electron chi connectivity index (χ0n) is 12.9. The summed E-state index contributed by atoms with van der Waals surface area (Å²) in [5, 5.41) is 14.8. The number of aromatic nitrogens is 2. The molecule has 1 aliphatic rings. The molecular weight excluding hydrogens is 326 g/mol. The fourth-order valence-corrected chi connectivity index (χ4v) is 4.49. The number of nitrogens with one attached hydrogen (secondary N) is 1. The Morgan fingerprint density at radius 1 is 1.52 bits per heavy atom. The molecule has 1 saturated heterocycles. The fourth-order valence-electron chi connectivity index (χ4n) is 2.72. The molecule has 0 unspecified atom stereocenters.